The molecule has 1 aliphatic rings. The van der Waals surface area contributed by atoms with Crippen LogP contribution in [-0.4, -0.2) is 24.2 Å². The van der Waals surface area contributed by atoms with E-state index in [2.05, 4.69) is 23.1 Å². The van der Waals surface area contributed by atoms with Crippen molar-refractivity contribution in [3.63, 3.8) is 0 Å². The average Bonchev–Trinajstić information content (AvgIpc) is 2.82. The summed E-state index contributed by atoms with van der Waals surface area (Å²) in [6.07, 6.45) is 4.38. The van der Waals surface area contributed by atoms with Crippen molar-refractivity contribution in [2.45, 2.75) is 32.1 Å². The van der Waals surface area contributed by atoms with Crippen LogP contribution >= 0.6 is 0 Å². The smallest absolute Gasteiger partial charge is 0.303 e. The molecule has 1 aromatic rings. The molecule has 0 spiro atoms. The normalized spacial score (nSPS) is 15.2. The maximum absolute atomic E-state index is 10.5. The molecule has 3 nitrogen and oxygen atoms in total. The summed E-state index contributed by atoms with van der Waals surface area (Å²) in [5.41, 5.74) is 2.59. The summed E-state index contributed by atoms with van der Waals surface area (Å²) < 4.78 is 0. The standard InChI is InChI=1S/C14H19NO2/c16-14(17)9-5-7-12-6-1-2-8-13(12)15-10-3-4-11-15/h1-2,6,8H,3-5,7,9-11H2,(H,16,17). The highest BCUT2D eigenvalue weighted by atomic mass is 16.4. The molecule has 1 saturated heterocycles. The van der Waals surface area contributed by atoms with Crippen LogP contribution in [0, 0.1) is 0 Å². The van der Waals surface area contributed by atoms with E-state index in [1.54, 1.807) is 0 Å². The van der Waals surface area contributed by atoms with Crippen LogP contribution in [0.25, 0.3) is 0 Å². The Hall–Kier alpha value is -1.51. The molecule has 3 heteroatoms. The van der Waals surface area contributed by atoms with E-state index in [9.17, 15) is 4.79 Å². The predicted molar refractivity (Wildman–Crippen MR) is 68.5 cm³/mol. The third-order valence-corrected chi connectivity index (χ3v) is 3.28. The van der Waals surface area contributed by atoms with E-state index in [-0.39, 0.29) is 6.42 Å². The molecule has 0 saturated carbocycles. The number of benzene rings is 1. The van der Waals surface area contributed by atoms with Crippen LogP contribution in [0.2, 0.25) is 0 Å². The Bertz CT molecular complexity index is 384. The zero-order chi connectivity index (χ0) is 12.1. The highest BCUT2D eigenvalue weighted by Crippen LogP contribution is 2.25. The summed E-state index contributed by atoms with van der Waals surface area (Å²) in [5, 5.41) is 8.66. The van der Waals surface area contributed by atoms with Crippen LogP contribution in [0.5, 0.6) is 0 Å². The second-order valence-corrected chi connectivity index (χ2v) is 4.57. The summed E-state index contributed by atoms with van der Waals surface area (Å²) in [5.74, 6) is -0.705. The molecule has 17 heavy (non-hydrogen) atoms. The quantitative estimate of drug-likeness (QED) is 0.850. The maximum atomic E-state index is 10.5. The number of anilines is 1. The highest BCUT2D eigenvalue weighted by molar-refractivity contribution is 5.66. The fourth-order valence-corrected chi connectivity index (χ4v) is 2.42. The summed E-state index contributed by atoms with van der Waals surface area (Å²) in [6, 6.07) is 8.38. The number of carboxylic acids is 1. The van der Waals surface area contributed by atoms with Gasteiger partial charge in [-0.25, -0.2) is 0 Å². The summed E-state index contributed by atoms with van der Waals surface area (Å²) >= 11 is 0. The number of nitrogens with zero attached hydrogens (tertiary/aromatic N) is 1. The van der Waals surface area contributed by atoms with Crippen molar-refractivity contribution in [3.8, 4) is 0 Å². The number of para-hydroxylation sites is 1. The molecule has 0 aromatic heterocycles. The van der Waals surface area contributed by atoms with Crippen molar-refractivity contribution in [1.82, 2.24) is 0 Å². The zero-order valence-corrected chi connectivity index (χ0v) is 10.1. The Morgan fingerprint density at radius 1 is 1.24 bits per heavy atom. The largest absolute Gasteiger partial charge is 0.481 e. The summed E-state index contributed by atoms with van der Waals surface area (Å²) in [7, 11) is 0. The molecule has 1 N–H and O–H groups in total. The third kappa shape index (κ3) is 3.22. The minimum absolute atomic E-state index is 0.258. The monoisotopic (exact) mass is 233 g/mol. The lowest BCUT2D eigenvalue weighted by Crippen LogP contribution is -2.19. The lowest BCUT2D eigenvalue weighted by Gasteiger charge is -2.21. The van der Waals surface area contributed by atoms with Crippen molar-refractivity contribution in [2.24, 2.45) is 0 Å². The van der Waals surface area contributed by atoms with Gasteiger partial charge >= 0.3 is 5.97 Å². The van der Waals surface area contributed by atoms with E-state index in [0.717, 1.165) is 25.9 Å². The molecule has 0 atom stereocenters. The highest BCUT2D eigenvalue weighted by Gasteiger charge is 2.14. The predicted octanol–water partition coefficient (Wildman–Crippen LogP) is 2.69. The van der Waals surface area contributed by atoms with Crippen LogP contribution in [0.15, 0.2) is 24.3 Å². The van der Waals surface area contributed by atoms with Gasteiger partial charge in [-0.1, -0.05) is 18.2 Å². The number of aliphatic carboxylic acids is 1. The van der Waals surface area contributed by atoms with Crippen molar-refractivity contribution < 1.29 is 9.90 Å². The van der Waals surface area contributed by atoms with Gasteiger partial charge in [0.15, 0.2) is 0 Å². The second-order valence-electron chi connectivity index (χ2n) is 4.57. The van der Waals surface area contributed by atoms with Gasteiger partial charge in [-0.2, -0.15) is 0 Å². The molecule has 1 aliphatic heterocycles. The van der Waals surface area contributed by atoms with Crippen LogP contribution in [0.3, 0.4) is 0 Å². The van der Waals surface area contributed by atoms with Gasteiger partial charge in [0.1, 0.15) is 0 Å². The first-order chi connectivity index (χ1) is 8.27. The number of hydrogen-bond acceptors (Lipinski definition) is 2. The molecule has 1 fully saturated rings. The minimum Gasteiger partial charge on any atom is -0.481 e. The molecule has 0 amide bonds. The van der Waals surface area contributed by atoms with Gasteiger partial charge in [0.25, 0.3) is 0 Å². The SMILES string of the molecule is O=C(O)CCCc1ccccc1N1CCCC1. The van der Waals surface area contributed by atoms with E-state index in [4.69, 9.17) is 5.11 Å². The number of aryl methyl sites for hydroxylation is 1. The molecule has 2 rings (SSSR count). The number of rotatable bonds is 5. The van der Waals surface area contributed by atoms with Gasteiger partial charge in [0, 0.05) is 25.2 Å². The topological polar surface area (TPSA) is 40.5 Å². The number of carboxylic acid groups (broad SMARTS) is 1. The van der Waals surface area contributed by atoms with E-state index < -0.39 is 5.97 Å². The van der Waals surface area contributed by atoms with Crippen molar-refractivity contribution >= 4 is 11.7 Å². The number of hydrogen-bond donors (Lipinski definition) is 1. The van der Waals surface area contributed by atoms with Gasteiger partial charge in [0.2, 0.25) is 0 Å². The van der Waals surface area contributed by atoms with E-state index in [1.165, 1.54) is 24.1 Å². The summed E-state index contributed by atoms with van der Waals surface area (Å²) in [4.78, 5) is 12.9. The molecular weight excluding hydrogens is 214 g/mol. The molecule has 0 unspecified atom stereocenters. The first-order valence-electron chi connectivity index (χ1n) is 6.32. The van der Waals surface area contributed by atoms with Gasteiger partial charge in [-0.3, -0.25) is 4.79 Å². The molecular formula is C14H19NO2. The van der Waals surface area contributed by atoms with Gasteiger partial charge < -0.3 is 10.0 Å². The molecule has 1 heterocycles. The van der Waals surface area contributed by atoms with Gasteiger partial charge in [-0.15, -0.1) is 0 Å². The Labute approximate surface area is 102 Å². The van der Waals surface area contributed by atoms with E-state index >= 15 is 0 Å². The van der Waals surface area contributed by atoms with Gasteiger partial charge in [0.05, 0.1) is 0 Å². The Balaban J connectivity index is 2.02. The third-order valence-electron chi connectivity index (χ3n) is 3.28. The molecule has 0 aliphatic carbocycles. The second kappa shape index (κ2) is 5.71. The van der Waals surface area contributed by atoms with E-state index in [1.807, 2.05) is 6.07 Å². The first-order valence-corrected chi connectivity index (χ1v) is 6.32. The fraction of sp³-hybridized carbons (Fsp3) is 0.500. The minimum atomic E-state index is -0.705. The first kappa shape index (κ1) is 12.0. The van der Waals surface area contributed by atoms with Crippen LogP contribution in [-0.2, 0) is 11.2 Å². The van der Waals surface area contributed by atoms with E-state index in [0.29, 0.717) is 0 Å². The Morgan fingerprint density at radius 3 is 2.65 bits per heavy atom. The van der Waals surface area contributed by atoms with Gasteiger partial charge in [-0.05, 0) is 37.3 Å². The molecule has 0 bridgehead atoms. The van der Waals surface area contributed by atoms with Crippen molar-refractivity contribution in [3.05, 3.63) is 29.8 Å². The van der Waals surface area contributed by atoms with Crippen molar-refractivity contribution in [2.75, 3.05) is 18.0 Å². The Kier molecular flexibility index (Phi) is 4.02. The van der Waals surface area contributed by atoms with Crippen LogP contribution < -0.4 is 4.90 Å². The van der Waals surface area contributed by atoms with Crippen LogP contribution in [0.1, 0.15) is 31.2 Å². The molecule has 92 valence electrons. The number of carbonyl (C=O) groups is 1. The fourth-order valence-electron chi connectivity index (χ4n) is 2.42. The molecule has 0 radical (unpaired) electrons. The van der Waals surface area contributed by atoms with Crippen molar-refractivity contribution in [1.29, 1.82) is 0 Å². The summed E-state index contributed by atoms with van der Waals surface area (Å²) in [6.45, 7) is 2.27. The lowest BCUT2D eigenvalue weighted by molar-refractivity contribution is -0.137. The Morgan fingerprint density at radius 2 is 1.94 bits per heavy atom. The maximum Gasteiger partial charge on any atom is 0.303 e. The average molecular weight is 233 g/mol. The van der Waals surface area contributed by atoms with Crippen LogP contribution in [0.4, 0.5) is 5.69 Å². The lowest BCUT2D eigenvalue weighted by atomic mass is 10.1. The molecule has 1 aromatic carbocycles. The zero-order valence-electron chi connectivity index (χ0n) is 10.1.